The van der Waals surface area contributed by atoms with Gasteiger partial charge in [-0.3, -0.25) is 0 Å². The zero-order valence-electron chi connectivity index (χ0n) is 12.2. The highest BCUT2D eigenvalue weighted by Crippen LogP contribution is 2.24. The minimum absolute atomic E-state index is 0.204. The van der Waals surface area contributed by atoms with Crippen molar-refractivity contribution in [3.63, 3.8) is 0 Å². The second-order valence-electron chi connectivity index (χ2n) is 5.50. The molecule has 1 aliphatic rings. The number of nitrogens with zero attached hydrogens (tertiary/aromatic N) is 3. The molecule has 1 saturated heterocycles. The maximum Gasteiger partial charge on any atom is 0.127 e. The topological polar surface area (TPSA) is 52.0 Å². The normalized spacial score (nSPS) is 17.3. The van der Waals surface area contributed by atoms with E-state index in [-0.39, 0.29) is 5.82 Å². The average Bonchev–Trinajstić information content (AvgIpc) is 3.03. The Morgan fingerprint density at radius 1 is 1.32 bits per heavy atom. The molecule has 0 radical (unpaired) electrons. The Bertz CT molecular complexity index is 678. The standard InChI is InChI=1S/C17H17FN4/c18-15-1-3-16(4-2-15)22-8-6-14(12-22)11-21-17-9-13(10-19)5-7-20-17/h1-5,7,9,14H,6,8,11-12H2,(H,20,21)/t14-/m0/s1. The first-order valence-electron chi connectivity index (χ1n) is 7.35. The monoisotopic (exact) mass is 296 g/mol. The number of nitriles is 1. The molecule has 0 unspecified atom stereocenters. The molecule has 1 aromatic carbocycles. The molecule has 1 fully saturated rings. The number of rotatable bonds is 4. The Balaban J connectivity index is 1.55. The number of benzene rings is 1. The molecule has 4 nitrogen and oxygen atoms in total. The van der Waals surface area contributed by atoms with Crippen LogP contribution in [0.4, 0.5) is 15.9 Å². The van der Waals surface area contributed by atoms with Gasteiger partial charge in [-0.05, 0) is 48.7 Å². The molecule has 0 saturated carbocycles. The zero-order chi connectivity index (χ0) is 15.4. The maximum absolute atomic E-state index is 13.0. The molecule has 1 aliphatic heterocycles. The summed E-state index contributed by atoms with van der Waals surface area (Å²) in [7, 11) is 0. The summed E-state index contributed by atoms with van der Waals surface area (Å²) >= 11 is 0. The van der Waals surface area contributed by atoms with Gasteiger partial charge in [-0.25, -0.2) is 9.37 Å². The largest absolute Gasteiger partial charge is 0.371 e. The van der Waals surface area contributed by atoms with E-state index < -0.39 is 0 Å². The Hall–Kier alpha value is -2.61. The predicted octanol–water partition coefficient (Wildman–Crippen LogP) is 3.03. The molecule has 5 heteroatoms. The van der Waals surface area contributed by atoms with Crippen molar-refractivity contribution in [2.75, 3.05) is 29.9 Å². The summed E-state index contributed by atoms with van der Waals surface area (Å²) in [6, 6.07) is 12.2. The first-order chi connectivity index (χ1) is 10.7. The van der Waals surface area contributed by atoms with Crippen LogP contribution in [-0.4, -0.2) is 24.6 Å². The van der Waals surface area contributed by atoms with Crippen molar-refractivity contribution in [3.8, 4) is 6.07 Å². The SMILES string of the molecule is N#Cc1ccnc(NC[C@@H]2CCN(c3ccc(F)cc3)C2)c1. The first kappa shape index (κ1) is 14.3. The average molecular weight is 296 g/mol. The number of nitrogens with one attached hydrogen (secondary N) is 1. The quantitative estimate of drug-likeness (QED) is 0.942. The lowest BCUT2D eigenvalue weighted by Gasteiger charge is -2.19. The minimum Gasteiger partial charge on any atom is -0.371 e. The summed E-state index contributed by atoms with van der Waals surface area (Å²) in [5.74, 6) is 1.04. The molecular formula is C17H17FN4. The van der Waals surface area contributed by atoms with Crippen LogP contribution in [0.5, 0.6) is 0 Å². The van der Waals surface area contributed by atoms with Crippen LogP contribution in [0.2, 0.25) is 0 Å². The summed E-state index contributed by atoms with van der Waals surface area (Å²) in [5.41, 5.74) is 1.67. The predicted molar refractivity (Wildman–Crippen MR) is 84.2 cm³/mol. The van der Waals surface area contributed by atoms with Crippen LogP contribution in [0.3, 0.4) is 0 Å². The molecule has 0 amide bonds. The lowest BCUT2D eigenvalue weighted by Crippen LogP contribution is -2.22. The van der Waals surface area contributed by atoms with Crippen molar-refractivity contribution in [2.24, 2.45) is 5.92 Å². The van der Waals surface area contributed by atoms with E-state index in [1.165, 1.54) is 12.1 Å². The van der Waals surface area contributed by atoms with Crippen LogP contribution in [0.15, 0.2) is 42.6 Å². The van der Waals surface area contributed by atoms with E-state index in [1.54, 1.807) is 18.3 Å². The second kappa shape index (κ2) is 6.44. The van der Waals surface area contributed by atoms with Gasteiger partial charge in [-0.15, -0.1) is 0 Å². The third kappa shape index (κ3) is 3.34. The molecule has 112 valence electrons. The van der Waals surface area contributed by atoms with Crippen molar-refractivity contribution in [1.82, 2.24) is 4.98 Å². The number of aromatic nitrogens is 1. The van der Waals surface area contributed by atoms with E-state index >= 15 is 0 Å². The summed E-state index contributed by atoms with van der Waals surface area (Å²) in [6.07, 6.45) is 2.72. The van der Waals surface area contributed by atoms with Crippen LogP contribution in [0.25, 0.3) is 0 Å². The zero-order valence-corrected chi connectivity index (χ0v) is 12.2. The molecule has 2 heterocycles. The van der Waals surface area contributed by atoms with Crippen molar-refractivity contribution in [1.29, 1.82) is 5.26 Å². The van der Waals surface area contributed by atoms with Gasteiger partial charge >= 0.3 is 0 Å². The Kier molecular flexibility index (Phi) is 4.19. The van der Waals surface area contributed by atoms with E-state index in [2.05, 4.69) is 21.3 Å². The highest BCUT2D eigenvalue weighted by molar-refractivity contribution is 5.47. The number of hydrogen-bond acceptors (Lipinski definition) is 4. The van der Waals surface area contributed by atoms with E-state index in [0.29, 0.717) is 11.5 Å². The highest BCUT2D eigenvalue weighted by Gasteiger charge is 2.22. The van der Waals surface area contributed by atoms with Crippen molar-refractivity contribution >= 4 is 11.5 Å². The van der Waals surface area contributed by atoms with Gasteiger partial charge in [0.25, 0.3) is 0 Å². The maximum atomic E-state index is 13.0. The first-order valence-corrected chi connectivity index (χ1v) is 7.35. The summed E-state index contributed by atoms with van der Waals surface area (Å²) in [4.78, 5) is 6.49. The molecule has 0 aliphatic carbocycles. The van der Waals surface area contributed by atoms with Crippen LogP contribution in [0, 0.1) is 23.1 Å². The van der Waals surface area contributed by atoms with Crippen LogP contribution in [-0.2, 0) is 0 Å². The summed E-state index contributed by atoms with van der Waals surface area (Å²) in [5, 5.41) is 12.2. The summed E-state index contributed by atoms with van der Waals surface area (Å²) in [6.45, 7) is 2.74. The van der Waals surface area contributed by atoms with E-state index in [4.69, 9.17) is 5.26 Å². The molecule has 0 spiro atoms. The lowest BCUT2D eigenvalue weighted by atomic mass is 10.1. The van der Waals surface area contributed by atoms with Gasteiger partial charge in [0.05, 0.1) is 11.6 Å². The van der Waals surface area contributed by atoms with Gasteiger partial charge in [0.1, 0.15) is 11.6 Å². The van der Waals surface area contributed by atoms with Gasteiger partial charge in [-0.1, -0.05) is 0 Å². The summed E-state index contributed by atoms with van der Waals surface area (Å²) < 4.78 is 13.0. The van der Waals surface area contributed by atoms with Gasteiger partial charge in [0.2, 0.25) is 0 Å². The van der Waals surface area contributed by atoms with Crippen molar-refractivity contribution in [3.05, 3.63) is 54.0 Å². The molecule has 3 rings (SSSR count). The Morgan fingerprint density at radius 3 is 2.91 bits per heavy atom. The third-order valence-corrected chi connectivity index (χ3v) is 3.94. The Labute approximate surface area is 129 Å². The van der Waals surface area contributed by atoms with Crippen LogP contribution in [0.1, 0.15) is 12.0 Å². The van der Waals surface area contributed by atoms with Crippen molar-refractivity contribution < 1.29 is 4.39 Å². The fourth-order valence-corrected chi connectivity index (χ4v) is 2.73. The van der Waals surface area contributed by atoms with E-state index in [9.17, 15) is 4.39 Å². The van der Waals surface area contributed by atoms with E-state index in [0.717, 1.165) is 37.6 Å². The highest BCUT2D eigenvalue weighted by atomic mass is 19.1. The Morgan fingerprint density at radius 2 is 2.14 bits per heavy atom. The molecule has 0 bridgehead atoms. The lowest BCUT2D eigenvalue weighted by molar-refractivity contribution is 0.620. The number of pyridine rings is 1. The third-order valence-electron chi connectivity index (χ3n) is 3.94. The second-order valence-corrected chi connectivity index (χ2v) is 5.50. The molecule has 2 aromatic rings. The minimum atomic E-state index is -0.204. The smallest absolute Gasteiger partial charge is 0.127 e. The molecular weight excluding hydrogens is 279 g/mol. The van der Waals surface area contributed by atoms with Crippen LogP contribution < -0.4 is 10.2 Å². The van der Waals surface area contributed by atoms with E-state index in [1.807, 2.05) is 12.1 Å². The fraction of sp³-hybridized carbons (Fsp3) is 0.294. The van der Waals surface area contributed by atoms with Gasteiger partial charge in [0, 0.05) is 31.5 Å². The molecule has 1 N–H and O–H groups in total. The van der Waals surface area contributed by atoms with Gasteiger partial charge in [-0.2, -0.15) is 5.26 Å². The van der Waals surface area contributed by atoms with Gasteiger partial charge in [0.15, 0.2) is 0 Å². The molecule has 1 aromatic heterocycles. The number of halogens is 1. The fourth-order valence-electron chi connectivity index (χ4n) is 2.73. The van der Waals surface area contributed by atoms with Crippen molar-refractivity contribution in [2.45, 2.75) is 6.42 Å². The number of anilines is 2. The number of hydrogen-bond donors (Lipinski definition) is 1. The van der Waals surface area contributed by atoms with Gasteiger partial charge < -0.3 is 10.2 Å². The molecule has 22 heavy (non-hydrogen) atoms. The molecule has 1 atom stereocenters. The van der Waals surface area contributed by atoms with Crippen LogP contribution >= 0.6 is 0 Å².